The fourth-order valence-corrected chi connectivity index (χ4v) is 4.00. The molecule has 0 aliphatic carbocycles. The molecule has 2 heterocycles. The number of rotatable bonds is 3. The smallest absolute Gasteiger partial charge is 0.275 e. The number of nitrogen functional groups attached to an aromatic ring is 1. The van der Waals surface area contributed by atoms with Crippen LogP contribution < -0.4 is 11.3 Å². The van der Waals surface area contributed by atoms with Gasteiger partial charge in [-0.2, -0.15) is 9.61 Å². The average molecular weight is 339 g/mol. The minimum absolute atomic E-state index is 0.157. The van der Waals surface area contributed by atoms with Crippen molar-refractivity contribution >= 4 is 45.3 Å². The first-order valence-electron chi connectivity index (χ1n) is 6.07. The predicted molar refractivity (Wildman–Crippen MR) is 87.3 cm³/mol. The molecule has 1 aromatic carbocycles. The lowest BCUT2D eigenvalue weighted by Gasteiger charge is -2.02. The molecule has 0 atom stereocenters. The van der Waals surface area contributed by atoms with Gasteiger partial charge in [0.25, 0.3) is 5.56 Å². The third-order valence-corrected chi connectivity index (χ3v) is 5.32. The van der Waals surface area contributed by atoms with E-state index in [1.807, 2.05) is 12.1 Å². The Labute approximate surface area is 133 Å². The largest absolute Gasteiger partial charge is 0.399 e. The van der Waals surface area contributed by atoms with Crippen LogP contribution in [0.2, 0.25) is 5.02 Å². The van der Waals surface area contributed by atoms with E-state index in [9.17, 15) is 4.79 Å². The molecule has 2 aromatic heterocycles. The van der Waals surface area contributed by atoms with Gasteiger partial charge in [-0.05, 0) is 25.1 Å². The minimum Gasteiger partial charge on any atom is -0.399 e. The second kappa shape index (κ2) is 5.67. The number of halogens is 1. The van der Waals surface area contributed by atoms with Gasteiger partial charge in [0.1, 0.15) is 5.01 Å². The van der Waals surface area contributed by atoms with Gasteiger partial charge >= 0.3 is 0 Å². The first-order chi connectivity index (χ1) is 10.0. The third-order valence-electron chi connectivity index (χ3n) is 2.72. The summed E-state index contributed by atoms with van der Waals surface area (Å²) in [4.78, 5) is 17.7. The highest BCUT2D eigenvalue weighted by atomic mass is 35.5. The van der Waals surface area contributed by atoms with Crippen molar-refractivity contribution < 1.29 is 0 Å². The highest BCUT2D eigenvalue weighted by Gasteiger charge is 2.09. The van der Waals surface area contributed by atoms with Gasteiger partial charge in [-0.15, -0.1) is 11.8 Å². The molecular weight excluding hydrogens is 328 g/mol. The zero-order chi connectivity index (χ0) is 15.0. The van der Waals surface area contributed by atoms with Crippen molar-refractivity contribution in [3.63, 3.8) is 0 Å². The number of aromatic nitrogens is 3. The Balaban J connectivity index is 1.85. The second-order valence-electron chi connectivity index (χ2n) is 4.40. The van der Waals surface area contributed by atoms with Gasteiger partial charge in [0.05, 0.1) is 10.8 Å². The van der Waals surface area contributed by atoms with Crippen LogP contribution in [0, 0.1) is 6.92 Å². The Morgan fingerprint density at radius 2 is 2.24 bits per heavy atom. The summed E-state index contributed by atoms with van der Waals surface area (Å²) in [6.07, 6.45) is 0. The fourth-order valence-electron chi connectivity index (χ4n) is 1.79. The van der Waals surface area contributed by atoms with Crippen LogP contribution in [0.3, 0.4) is 0 Å². The number of thioether (sulfide) groups is 1. The molecular formula is C13H11ClN4OS2. The number of nitrogens with two attached hydrogens (primary N) is 1. The molecule has 0 spiro atoms. The van der Waals surface area contributed by atoms with Crippen molar-refractivity contribution in [2.75, 3.05) is 5.73 Å². The highest BCUT2D eigenvalue weighted by Crippen LogP contribution is 2.31. The van der Waals surface area contributed by atoms with E-state index in [0.29, 0.717) is 27.1 Å². The molecule has 8 heteroatoms. The Bertz CT molecular complexity index is 874. The molecule has 3 aromatic rings. The summed E-state index contributed by atoms with van der Waals surface area (Å²) >= 11 is 9.09. The molecule has 0 saturated carbocycles. The van der Waals surface area contributed by atoms with E-state index in [4.69, 9.17) is 17.3 Å². The number of nitrogens with zero attached hydrogens (tertiary/aromatic N) is 3. The summed E-state index contributed by atoms with van der Waals surface area (Å²) in [5.41, 5.74) is 6.84. The van der Waals surface area contributed by atoms with Crippen molar-refractivity contribution in [1.29, 1.82) is 0 Å². The van der Waals surface area contributed by atoms with Crippen LogP contribution in [0.15, 0.2) is 34.0 Å². The maximum Gasteiger partial charge on any atom is 0.275 e. The lowest BCUT2D eigenvalue weighted by atomic mass is 10.3. The zero-order valence-corrected chi connectivity index (χ0v) is 13.4. The third kappa shape index (κ3) is 3.04. The minimum atomic E-state index is -0.157. The van der Waals surface area contributed by atoms with E-state index < -0.39 is 0 Å². The first-order valence-corrected chi connectivity index (χ1v) is 8.25. The first kappa shape index (κ1) is 14.4. The van der Waals surface area contributed by atoms with Crippen molar-refractivity contribution in [3.8, 4) is 0 Å². The molecule has 21 heavy (non-hydrogen) atoms. The van der Waals surface area contributed by atoms with Gasteiger partial charge in [-0.1, -0.05) is 22.9 Å². The Morgan fingerprint density at radius 1 is 1.43 bits per heavy atom. The Kier molecular flexibility index (Phi) is 3.88. The van der Waals surface area contributed by atoms with E-state index in [2.05, 4.69) is 10.1 Å². The van der Waals surface area contributed by atoms with Crippen LogP contribution in [-0.4, -0.2) is 14.6 Å². The van der Waals surface area contributed by atoms with E-state index in [1.165, 1.54) is 21.9 Å². The molecule has 0 fully saturated rings. The number of benzene rings is 1. The number of fused-ring (bicyclic) bond motifs is 1. The standard InChI is InChI=1S/C13H11ClN4OS2/c1-7-4-12(19)18-13(16-7)21-11(17-18)6-20-10-3-2-8(15)5-9(10)14/h2-5H,6,15H2,1H3. The number of anilines is 1. The van der Waals surface area contributed by atoms with Gasteiger partial charge < -0.3 is 5.73 Å². The molecule has 0 bridgehead atoms. The summed E-state index contributed by atoms with van der Waals surface area (Å²) in [7, 11) is 0. The Hall–Kier alpha value is -1.57. The zero-order valence-electron chi connectivity index (χ0n) is 11.0. The number of hydrogen-bond donors (Lipinski definition) is 1. The van der Waals surface area contributed by atoms with E-state index in [1.54, 1.807) is 24.8 Å². The van der Waals surface area contributed by atoms with Crippen LogP contribution in [0.25, 0.3) is 4.96 Å². The van der Waals surface area contributed by atoms with Crippen LogP contribution >= 0.6 is 34.7 Å². The molecule has 0 amide bonds. The van der Waals surface area contributed by atoms with E-state index >= 15 is 0 Å². The molecule has 0 saturated heterocycles. The van der Waals surface area contributed by atoms with Crippen molar-refractivity contribution in [1.82, 2.24) is 14.6 Å². The predicted octanol–water partition coefficient (Wildman–Crippen LogP) is 2.99. The molecule has 0 aliphatic heterocycles. The summed E-state index contributed by atoms with van der Waals surface area (Å²) in [6, 6.07) is 6.88. The molecule has 2 N–H and O–H groups in total. The van der Waals surface area contributed by atoms with Crippen LogP contribution in [0.4, 0.5) is 5.69 Å². The van der Waals surface area contributed by atoms with Crippen LogP contribution in [0.5, 0.6) is 0 Å². The van der Waals surface area contributed by atoms with Gasteiger partial charge in [-0.3, -0.25) is 4.79 Å². The lowest BCUT2D eigenvalue weighted by molar-refractivity contribution is 0.870. The second-order valence-corrected chi connectivity index (χ2v) is 6.87. The summed E-state index contributed by atoms with van der Waals surface area (Å²) in [6.45, 7) is 1.80. The van der Waals surface area contributed by atoms with Gasteiger partial charge in [0.15, 0.2) is 0 Å². The molecule has 0 unspecified atom stereocenters. The fraction of sp³-hybridized carbons (Fsp3) is 0.154. The van der Waals surface area contributed by atoms with Gasteiger partial charge in [0, 0.05) is 22.3 Å². The molecule has 0 aliphatic rings. The maximum absolute atomic E-state index is 11.8. The highest BCUT2D eigenvalue weighted by molar-refractivity contribution is 7.98. The summed E-state index contributed by atoms with van der Waals surface area (Å²) in [5.74, 6) is 0.621. The normalized spacial score (nSPS) is 11.1. The van der Waals surface area contributed by atoms with Gasteiger partial charge in [-0.25, -0.2) is 4.98 Å². The topological polar surface area (TPSA) is 73.3 Å². The maximum atomic E-state index is 11.8. The molecule has 5 nitrogen and oxygen atoms in total. The van der Waals surface area contributed by atoms with Gasteiger partial charge in [0.2, 0.25) is 4.96 Å². The SMILES string of the molecule is Cc1cc(=O)n2nc(CSc3ccc(N)cc3Cl)sc2n1. The summed E-state index contributed by atoms with van der Waals surface area (Å²) < 4.78 is 1.33. The van der Waals surface area contributed by atoms with Crippen molar-refractivity contribution in [3.05, 3.63) is 50.3 Å². The van der Waals surface area contributed by atoms with Crippen molar-refractivity contribution in [2.45, 2.75) is 17.6 Å². The van der Waals surface area contributed by atoms with E-state index in [-0.39, 0.29) is 5.56 Å². The lowest BCUT2D eigenvalue weighted by Crippen LogP contribution is -2.14. The molecule has 108 valence electrons. The monoisotopic (exact) mass is 338 g/mol. The van der Waals surface area contributed by atoms with Crippen molar-refractivity contribution in [2.24, 2.45) is 0 Å². The quantitative estimate of drug-likeness (QED) is 0.587. The van der Waals surface area contributed by atoms with Crippen LogP contribution in [-0.2, 0) is 5.75 Å². The average Bonchev–Trinajstić information content (AvgIpc) is 2.81. The van der Waals surface area contributed by atoms with Crippen LogP contribution in [0.1, 0.15) is 10.7 Å². The molecule has 0 radical (unpaired) electrons. The number of aryl methyl sites for hydroxylation is 1. The molecule has 3 rings (SSSR count). The summed E-state index contributed by atoms with van der Waals surface area (Å²) in [5, 5.41) is 5.73. The number of hydrogen-bond acceptors (Lipinski definition) is 6. The Morgan fingerprint density at radius 3 is 3.00 bits per heavy atom. The van der Waals surface area contributed by atoms with E-state index in [0.717, 1.165) is 9.90 Å².